The maximum atomic E-state index is 13.0. The molecule has 0 saturated carbocycles. The van der Waals surface area contributed by atoms with E-state index in [1.54, 1.807) is 24.3 Å². The molecule has 0 atom stereocenters. The van der Waals surface area contributed by atoms with E-state index in [1.807, 2.05) is 29.5 Å². The molecule has 0 aliphatic carbocycles. The highest BCUT2D eigenvalue weighted by atomic mass is 79.9. The molecule has 0 fully saturated rings. The van der Waals surface area contributed by atoms with Crippen molar-refractivity contribution in [3.05, 3.63) is 68.1 Å². The molecule has 0 aliphatic rings. The quantitative estimate of drug-likeness (QED) is 0.498. The second-order valence-electron chi connectivity index (χ2n) is 5.16. The molecule has 2 heterocycles. The predicted octanol–water partition coefficient (Wildman–Crippen LogP) is 3.76. The van der Waals surface area contributed by atoms with Crippen molar-refractivity contribution in [1.82, 2.24) is 19.2 Å². The molecule has 4 rings (SSSR count). The Kier molecular flexibility index (Phi) is 3.25. The summed E-state index contributed by atoms with van der Waals surface area (Å²) in [4.78, 5) is 13.0. The van der Waals surface area contributed by atoms with Crippen LogP contribution in [0.25, 0.3) is 22.4 Å². The fourth-order valence-corrected chi connectivity index (χ4v) is 3.24. The van der Waals surface area contributed by atoms with Crippen LogP contribution >= 0.6 is 27.5 Å². The van der Waals surface area contributed by atoms with E-state index in [1.165, 1.54) is 4.57 Å². The number of hydrogen-bond donors (Lipinski definition) is 0. The van der Waals surface area contributed by atoms with E-state index in [9.17, 15) is 4.79 Å². The number of benzene rings is 2. The number of aromatic nitrogens is 4. The first-order chi connectivity index (χ1) is 11.1. The van der Waals surface area contributed by atoms with Gasteiger partial charge in [0.25, 0.3) is 5.56 Å². The average molecular weight is 390 g/mol. The van der Waals surface area contributed by atoms with Crippen LogP contribution in [0.4, 0.5) is 0 Å². The minimum Gasteiger partial charge on any atom is -0.268 e. The van der Waals surface area contributed by atoms with E-state index in [0.29, 0.717) is 27.7 Å². The largest absolute Gasteiger partial charge is 0.268 e. The maximum absolute atomic E-state index is 13.0. The summed E-state index contributed by atoms with van der Waals surface area (Å²) in [6.07, 6.45) is 0. The number of nitrogens with zero attached hydrogens (tertiary/aromatic N) is 4. The van der Waals surface area contributed by atoms with Crippen LogP contribution in [0, 0.1) is 6.92 Å². The third-order valence-electron chi connectivity index (χ3n) is 3.71. The first kappa shape index (κ1) is 14.4. The number of fused-ring (bicyclic) bond motifs is 3. The Morgan fingerprint density at radius 2 is 1.96 bits per heavy atom. The summed E-state index contributed by atoms with van der Waals surface area (Å²) in [5, 5.41) is 9.45. The Labute approximate surface area is 144 Å². The van der Waals surface area contributed by atoms with Gasteiger partial charge in [-0.25, -0.2) is 4.57 Å². The summed E-state index contributed by atoms with van der Waals surface area (Å²) in [5.74, 6) is 1.17. The molecule has 0 spiro atoms. The van der Waals surface area contributed by atoms with Crippen molar-refractivity contribution < 1.29 is 0 Å². The Balaban J connectivity index is 2.26. The van der Waals surface area contributed by atoms with Crippen LogP contribution in [-0.2, 0) is 0 Å². The van der Waals surface area contributed by atoms with Crippen molar-refractivity contribution in [2.24, 2.45) is 0 Å². The Morgan fingerprint density at radius 1 is 1.13 bits per heavy atom. The normalized spacial score (nSPS) is 11.4. The SMILES string of the molecule is Cc1nnc2n(-c3cccc(Cl)c3)c(=O)c3ccc(Br)cc3n12. The van der Waals surface area contributed by atoms with Gasteiger partial charge in [0.1, 0.15) is 5.82 Å². The van der Waals surface area contributed by atoms with Gasteiger partial charge in [-0.3, -0.25) is 9.20 Å². The molecular weight excluding hydrogens is 380 g/mol. The van der Waals surface area contributed by atoms with E-state index < -0.39 is 0 Å². The molecule has 0 amide bonds. The molecule has 0 bridgehead atoms. The zero-order valence-corrected chi connectivity index (χ0v) is 14.3. The minimum atomic E-state index is -0.158. The van der Waals surface area contributed by atoms with E-state index >= 15 is 0 Å². The van der Waals surface area contributed by atoms with Crippen molar-refractivity contribution in [2.75, 3.05) is 0 Å². The molecule has 4 aromatic rings. The number of aryl methyl sites for hydroxylation is 1. The summed E-state index contributed by atoms with van der Waals surface area (Å²) < 4.78 is 4.28. The molecule has 114 valence electrons. The average Bonchev–Trinajstić information content (AvgIpc) is 2.89. The van der Waals surface area contributed by atoms with Gasteiger partial charge < -0.3 is 0 Å². The predicted molar refractivity (Wildman–Crippen MR) is 93.5 cm³/mol. The van der Waals surface area contributed by atoms with E-state index in [-0.39, 0.29) is 5.56 Å². The molecule has 2 aromatic heterocycles. The first-order valence-electron chi connectivity index (χ1n) is 6.88. The van der Waals surface area contributed by atoms with Crippen LogP contribution < -0.4 is 5.56 Å². The highest BCUT2D eigenvalue weighted by Gasteiger charge is 2.16. The van der Waals surface area contributed by atoms with E-state index in [2.05, 4.69) is 26.1 Å². The van der Waals surface area contributed by atoms with Crippen molar-refractivity contribution >= 4 is 44.2 Å². The minimum absolute atomic E-state index is 0.158. The summed E-state index contributed by atoms with van der Waals surface area (Å²) in [7, 11) is 0. The Bertz CT molecular complexity index is 1130. The summed E-state index contributed by atoms with van der Waals surface area (Å²) in [6.45, 7) is 1.85. The maximum Gasteiger partial charge on any atom is 0.267 e. The summed E-state index contributed by atoms with van der Waals surface area (Å²) >= 11 is 9.53. The molecule has 0 N–H and O–H groups in total. The lowest BCUT2D eigenvalue weighted by molar-refractivity contribution is 0.965. The van der Waals surface area contributed by atoms with Gasteiger partial charge in [0, 0.05) is 9.50 Å². The van der Waals surface area contributed by atoms with Gasteiger partial charge in [-0.15, -0.1) is 10.2 Å². The molecule has 23 heavy (non-hydrogen) atoms. The van der Waals surface area contributed by atoms with Gasteiger partial charge in [0.2, 0.25) is 5.78 Å². The smallest absolute Gasteiger partial charge is 0.267 e. The lowest BCUT2D eigenvalue weighted by Gasteiger charge is -2.11. The molecule has 7 heteroatoms. The van der Waals surface area contributed by atoms with E-state index in [0.717, 1.165) is 9.99 Å². The van der Waals surface area contributed by atoms with Crippen LogP contribution in [-0.4, -0.2) is 19.2 Å². The van der Waals surface area contributed by atoms with Crippen molar-refractivity contribution in [2.45, 2.75) is 6.92 Å². The van der Waals surface area contributed by atoms with Crippen LogP contribution in [0.15, 0.2) is 51.7 Å². The highest BCUT2D eigenvalue weighted by Crippen LogP contribution is 2.22. The first-order valence-corrected chi connectivity index (χ1v) is 8.05. The van der Waals surface area contributed by atoms with Crippen molar-refractivity contribution in [1.29, 1.82) is 0 Å². The molecule has 0 radical (unpaired) electrons. The zero-order valence-electron chi connectivity index (χ0n) is 12.0. The second-order valence-corrected chi connectivity index (χ2v) is 6.52. The molecule has 2 aromatic carbocycles. The van der Waals surface area contributed by atoms with Crippen LogP contribution in [0.3, 0.4) is 0 Å². The third kappa shape index (κ3) is 2.17. The fraction of sp³-hybridized carbons (Fsp3) is 0.0625. The van der Waals surface area contributed by atoms with Crippen molar-refractivity contribution in [3.63, 3.8) is 0 Å². The standard InChI is InChI=1S/C16H10BrClN4O/c1-9-19-20-16-21(9)14-7-10(17)5-6-13(14)15(23)22(16)12-4-2-3-11(18)8-12/h2-8H,1H3. The van der Waals surface area contributed by atoms with Crippen LogP contribution in [0.1, 0.15) is 5.82 Å². The molecular formula is C16H10BrClN4O. The molecule has 0 aliphatic heterocycles. The summed E-state index contributed by atoms with van der Waals surface area (Å²) in [5.41, 5.74) is 1.26. The number of halogens is 2. The topological polar surface area (TPSA) is 52.2 Å². The number of rotatable bonds is 1. The van der Waals surface area contributed by atoms with Gasteiger partial charge >= 0.3 is 0 Å². The lowest BCUT2D eigenvalue weighted by atomic mass is 10.2. The van der Waals surface area contributed by atoms with Gasteiger partial charge in [0.15, 0.2) is 0 Å². The summed E-state index contributed by atoms with van der Waals surface area (Å²) in [6, 6.07) is 12.7. The molecule has 0 unspecified atom stereocenters. The zero-order chi connectivity index (χ0) is 16.1. The van der Waals surface area contributed by atoms with Crippen LogP contribution in [0.2, 0.25) is 5.02 Å². The second kappa shape index (κ2) is 5.18. The van der Waals surface area contributed by atoms with Gasteiger partial charge in [-0.1, -0.05) is 33.6 Å². The van der Waals surface area contributed by atoms with Gasteiger partial charge in [-0.05, 0) is 43.3 Å². The van der Waals surface area contributed by atoms with Gasteiger partial charge in [-0.2, -0.15) is 0 Å². The third-order valence-corrected chi connectivity index (χ3v) is 4.44. The van der Waals surface area contributed by atoms with E-state index in [4.69, 9.17) is 11.6 Å². The van der Waals surface area contributed by atoms with Crippen LogP contribution in [0.5, 0.6) is 0 Å². The van der Waals surface area contributed by atoms with Crippen molar-refractivity contribution in [3.8, 4) is 5.69 Å². The number of hydrogen-bond acceptors (Lipinski definition) is 3. The Hall–Kier alpha value is -2.18. The monoisotopic (exact) mass is 388 g/mol. The fourth-order valence-electron chi connectivity index (χ4n) is 2.71. The molecule has 5 nitrogen and oxygen atoms in total. The lowest BCUT2D eigenvalue weighted by Crippen LogP contribution is -2.22. The Morgan fingerprint density at radius 3 is 2.74 bits per heavy atom. The highest BCUT2D eigenvalue weighted by molar-refractivity contribution is 9.10. The molecule has 0 saturated heterocycles. The van der Waals surface area contributed by atoms with Gasteiger partial charge in [0.05, 0.1) is 16.6 Å².